The van der Waals surface area contributed by atoms with Gasteiger partial charge in [-0.2, -0.15) is 0 Å². The minimum atomic E-state index is -0.905. The van der Waals surface area contributed by atoms with Crippen molar-refractivity contribution in [2.45, 2.75) is 38.8 Å². The van der Waals surface area contributed by atoms with E-state index >= 15 is 0 Å². The molecule has 1 atom stereocenters. The maximum Gasteiger partial charge on any atom is 0.187 e. The lowest BCUT2D eigenvalue weighted by Gasteiger charge is -2.32. The van der Waals surface area contributed by atoms with E-state index < -0.39 is 17.4 Å². The zero-order valence-corrected chi connectivity index (χ0v) is 9.84. The number of nitrogens with one attached hydrogen (secondary N) is 1. The first-order valence-corrected chi connectivity index (χ1v) is 5.98. The van der Waals surface area contributed by atoms with E-state index in [-0.39, 0.29) is 0 Å². The Morgan fingerprint density at radius 2 is 1.94 bits per heavy atom. The number of hydrogen-bond acceptors (Lipinski definition) is 2. The maximum absolute atomic E-state index is 13.1. The van der Waals surface area contributed by atoms with E-state index in [1.165, 1.54) is 31.4 Å². The smallest absolute Gasteiger partial charge is 0.187 e. The molecule has 0 aromatic heterocycles. The summed E-state index contributed by atoms with van der Waals surface area (Å²) in [5.41, 5.74) is 0.518. The van der Waals surface area contributed by atoms with Gasteiger partial charge in [0.1, 0.15) is 0 Å². The standard InChI is InChI=1S/C13H17F2NO/c1-8(10-3-2-4-10)16-7-9-5-11(14)13(17)12(15)6-9/h5-6,8,10,16-17H,2-4,7H2,1H3. The van der Waals surface area contributed by atoms with Gasteiger partial charge in [-0.15, -0.1) is 0 Å². The molecule has 2 nitrogen and oxygen atoms in total. The predicted molar refractivity (Wildman–Crippen MR) is 61.7 cm³/mol. The van der Waals surface area contributed by atoms with Crippen LogP contribution in [0.2, 0.25) is 0 Å². The molecule has 0 bridgehead atoms. The van der Waals surface area contributed by atoms with Gasteiger partial charge in [-0.25, -0.2) is 8.78 Å². The third-order valence-electron chi connectivity index (χ3n) is 3.56. The van der Waals surface area contributed by atoms with Crippen LogP contribution in [0.25, 0.3) is 0 Å². The van der Waals surface area contributed by atoms with Crippen molar-refractivity contribution < 1.29 is 13.9 Å². The Bertz CT molecular complexity index is 381. The normalized spacial score (nSPS) is 17.8. The highest BCUT2D eigenvalue weighted by Gasteiger charge is 2.23. The lowest BCUT2D eigenvalue weighted by molar-refractivity contribution is 0.240. The number of phenolic OH excluding ortho intramolecular Hbond substituents is 1. The van der Waals surface area contributed by atoms with E-state index in [1.807, 2.05) is 0 Å². The van der Waals surface area contributed by atoms with Crippen LogP contribution in [-0.4, -0.2) is 11.1 Å². The van der Waals surface area contributed by atoms with Crippen molar-refractivity contribution in [2.75, 3.05) is 0 Å². The summed E-state index contributed by atoms with van der Waals surface area (Å²) in [5, 5.41) is 12.2. The number of halogens is 2. The first kappa shape index (κ1) is 12.3. The van der Waals surface area contributed by atoms with Gasteiger partial charge in [-0.3, -0.25) is 0 Å². The minimum Gasteiger partial charge on any atom is -0.503 e. The van der Waals surface area contributed by atoms with Gasteiger partial charge < -0.3 is 10.4 Å². The molecular formula is C13H17F2NO. The second kappa shape index (κ2) is 5.00. The molecule has 1 unspecified atom stereocenters. The van der Waals surface area contributed by atoms with E-state index in [2.05, 4.69) is 12.2 Å². The van der Waals surface area contributed by atoms with Crippen LogP contribution < -0.4 is 5.32 Å². The minimum absolute atomic E-state index is 0.365. The molecule has 0 saturated heterocycles. The van der Waals surface area contributed by atoms with Crippen LogP contribution in [0.5, 0.6) is 5.75 Å². The highest BCUT2D eigenvalue weighted by Crippen LogP contribution is 2.29. The van der Waals surface area contributed by atoms with E-state index in [0.29, 0.717) is 24.1 Å². The molecule has 1 saturated carbocycles. The Labute approximate surface area is 99.7 Å². The van der Waals surface area contributed by atoms with E-state index in [9.17, 15) is 8.78 Å². The molecule has 1 aliphatic carbocycles. The van der Waals surface area contributed by atoms with Gasteiger partial charge in [0.2, 0.25) is 0 Å². The van der Waals surface area contributed by atoms with Crippen molar-refractivity contribution >= 4 is 0 Å². The number of rotatable bonds is 4. The topological polar surface area (TPSA) is 32.3 Å². The number of aromatic hydroxyl groups is 1. The molecule has 0 amide bonds. The zero-order chi connectivity index (χ0) is 12.4. The molecule has 1 aromatic carbocycles. The molecule has 0 aliphatic heterocycles. The van der Waals surface area contributed by atoms with Crippen molar-refractivity contribution in [1.82, 2.24) is 5.32 Å². The highest BCUT2D eigenvalue weighted by atomic mass is 19.1. The van der Waals surface area contributed by atoms with Crippen LogP contribution >= 0.6 is 0 Å². The summed E-state index contributed by atoms with van der Waals surface area (Å²) in [6.45, 7) is 2.52. The first-order chi connectivity index (χ1) is 8.08. The quantitative estimate of drug-likeness (QED) is 0.849. The molecule has 2 rings (SSSR count). The van der Waals surface area contributed by atoms with Crippen molar-refractivity contribution in [1.29, 1.82) is 0 Å². The molecule has 0 heterocycles. The highest BCUT2D eigenvalue weighted by molar-refractivity contribution is 5.29. The fraction of sp³-hybridized carbons (Fsp3) is 0.538. The van der Waals surface area contributed by atoms with Gasteiger partial charge in [0.15, 0.2) is 17.4 Å². The summed E-state index contributed by atoms with van der Waals surface area (Å²) in [7, 11) is 0. The Morgan fingerprint density at radius 3 is 2.41 bits per heavy atom. The largest absolute Gasteiger partial charge is 0.503 e. The summed E-state index contributed by atoms with van der Waals surface area (Å²) in [6, 6.07) is 2.70. The molecule has 4 heteroatoms. The molecular weight excluding hydrogens is 224 g/mol. The van der Waals surface area contributed by atoms with Crippen molar-refractivity contribution in [3.63, 3.8) is 0 Å². The average molecular weight is 241 g/mol. The summed E-state index contributed by atoms with van der Waals surface area (Å²) in [6.07, 6.45) is 3.73. The van der Waals surface area contributed by atoms with E-state index in [1.54, 1.807) is 0 Å². The van der Waals surface area contributed by atoms with Gasteiger partial charge in [0.25, 0.3) is 0 Å². The molecule has 0 spiro atoms. The second-order valence-electron chi connectivity index (χ2n) is 4.77. The van der Waals surface area contributed by atoms with Gasteiger partial charge in [0, 0.05) is 12.6 Å². The Balaban J connectivity index is 1.94. The molecule has 94 valence electrons. The van der Waals surface area contributed by atoms with Gasteiger partial charge in [-0.05, 0) is 43.4 Å². The van der Waals surface area contributed by atoms with Gasteiger partial charge >= 0.3 is 0 Å². The fourth-order valence-electron chi connectivity index (χ4n) is 2.11. The van der Waals surface area contributed by atoms with E-state index in [4.69, 9.17) is 5.11 Å². The third-order valence-corrected chi connectivity index (χ3v) is 3.56. The zero-order valence-electron chi connectivity index (χ0n) is 9.84. The Kier molecular flexibility index (Phi) is 3.62. The predicted octanol–water partition coefficient (Wildman–Crippen LogP) is 2.95. The van der Waals surface area contributed by atoms with Gasteiger partial charge in [-0.1, -0.05) is 6.42 Å². The van der Waals surface area contributed by atoms with Crippen molar-refractivity contribution in [3.05, 3.63) is 29.3 Å². The lowest BCUT2D eigenvalue weighted by atomic mass is 9.80. The summed E-state index contributed by atoms with van der Waals surface area (Å²) in [5.74, 6) is -2.03. The number of benzene rings is 1. The first-order valence-electron chi connectivity index (χ1n) is 5.98. The van der Waals surface area contributed by atoms with Crippen molar-refractivity contribution in [2.24, 2.45) is 5.92 Å². The Morgan fingerprint density at radius 1 is 1.35 bits per heavy atom. The molecule has 0 radical (unpaired) electrons. The molecule has 17 heavy (non-hydrogen) atoms. The summed E-state index contributed by atoms with van der Waals surface area (Å²) < 4.78 is 26.2. The van der Waals surface area contributed by atoms with E-state index in [0.717, 1.165) is 0 Å². The van der Waals surface area contributed by atoms with Crippen LogP contribution in [0.15, 0.2) is 12.1 Å². The summed E-state index contributed by atoms with van der Waals surface area (Å²) in [4.78, 5) is 0. The van der Waals surface area contributed by atoms with Crippen LogP contribution in [0.3, 0.4) is 0 Å². The van der Waals surface area contributed by atoms with Crippen molar-refractivity contribution in [3.8, 4) is 5.75 Å². The average Bonchev–Trinajstić information content (AvgIpc) is 2.20. The molecule has 2 N–H and O–H groups in total. The van der Waals surface area contributed by atoms with Crippen LogP contribution in [-0.2, 0) is 6.54 Å². The molecule has 1 aromatic rings. The molecule has 1 fully saturated rings. The molecule has 1 aliphatic rings. The van der Waals surface area contributed by atoms with Crippen LogP contribution in [0.4, 0.5) is 8.78 Å². The second-order valence-corrected chi connectivity index (χ2v) is 4.77. The monoisotopic (exact) mass is 241 g/mol. The SMILES string of the molecule is CC(NCc1cc(F)c(O)c(F)c1)C1CCC1. The Hall–Kier alpha value is -1.16. The fourth-order valence-corrected chi connectivity index (χ4v) is 2.11. The summed E-state index contributed by atoms with van der Waals surface area (Å²) >= 11 is 0. The van der Waals surface area contributed by atoms with Crippen LogP contribution in [0.1, 0.15) is 31.7 Å². The number of hydrogen-bond donors (Lipinski definition) is 2. The van der Waals surface area contributed by atoms with Gasteiger partial charge in [0.05, 0.1) is 0 Å². The lowest BCUT2D eigenvalue weighted by Crippen LogP contribution is -2.36. The third kappa shape index (κ3) is 2.75. The number of phenols is 1. The maximum atomic E-state index is 13.1. The van der Waals surface area contributed by atoms with Crippen LogP contribution in [0, 0.1) is 17.6 Å².